The molecule has 3 nitrogen and oxygen atoms in total. The zero-order valence-electron chi connectivity index (χ0n) is 16.8. The quantitative estimate of drug-likeness (QED) is 0.369. The first-order valence-electron chi connectivity index (χ1n) is 10.5. The lowest BCUT2D eigenvalue weighted by Crippen LogP contribution is -2.07. The summed E-state index contributed by atoms with van der Waals surface area (Å²) in [6.45, 7) is 0. The number of nitrogens with zero attached hydrogens (tertiary/aromatic N) is 2. The van der Waals surface area contributed by atoms with Crippen LogP contribution in [-0.2, 0) is 24.1 Å². The first-order valence-corrected chi connectivity index (χ1v) is 10.5. The summed E-state index contributed by atoms with van der Waals surface area (Å²) in [6, 6.07) is 8.21. The van der Waals surface area contributed by atoms with Crippen molar-refractivity contribution >= 4 is 22.8 Å². The molecule has 0 bridgehead atoms. The molecule has 154 valence electrons. The van der Waals surface area contributed by atoms with Gasteiger partial charge in [0.05, 0.1) is 5.52 Å². The SMILES string of the molecule is O=C(/C=C/c1cnc2cc(F)c(F)cc2c1)CCCCc1ccc2c(n1)CCCC2. The number of carbonyl (C=O) groups excluding carboxylic acids is 1. The fourth-order valence-corrected chi connectivity index (χ4v) is 3.88. The fourth-order valence-electron chi connectivity index (χ4n) is 3.88. The van der Waals surface area contributed by atoms with Crippen LogP contribution in [0.5, 0.6) is 0 Å². The van der Waals surface area contributed by atoms with Gasteiger partial charge in [0.25, 0.3) is 0 Å². The van der Waals surface area contributed by atoms with Crippen LogP contribution in [0.2, 0.25) is 0 Å². The number of pyridine rings is 2. The second kappa shape index (κ2) is 9.24. The Kier molecular flexibility index (Phi) is 6.26. The van der Waals surface area contributed by atoms with Crippen molar-refractivity contribution in [2.75, 3.05) is 0 Å². The number of fused-ring (bicyclic) bond motifs is 2. The molecule has 0 saturated heterocycles. The number of aromatic nitrogens is 2. The zero-order chi connectivity index (χ0) is 20.9. The summed E-state index contributed by atoms with van der Waals surface area (Å²) in [5.74, 6) is -1.78. The number of aryl methyl sites for hydroxylation is 3. The molecule has 5 heteroatoms. The van der Waals surface area contributed by atoms with Crippen molar-refractivity contribution in [2.24, 2.45) is 0 Å². The van der Waals surface area contributed by atoms with E-state index >= 15 is 0 Å². The molecule has 3 aromatic rings. The topological polar surface area (TPSA) is 42.9 Å². The van der Waals surface area contributed by atoms with E-state index < -0.39 is 11.6 Å². The predicted octanol–water partition coefficient (Wildman–Crippen LogP) is 5.78. The van der Waals surface area contributed by atoms with E-state index in [9.17, 15) is 13.6 Å². The van der Waals surface area contributed by atoms with Crippen LogP contribution in [0.25, 0.3) is 17.0 Å². The molecule has 1 aliphatic carbocycles. The van der Waals surface area contributed by atoms with Gasteiger partial charge in [0.2, 0.25) is 0 Å². The highest BCUT2D eigenvalue weighted by Gasteiger charge is 2.11. The second-order valence-corrected chi connectivity index (χ2v) is 7.85. The van der Waals surface area contributed by atoms with Gasteiger partial charge < -0.3 is 0 Å². The summed E-state index contributed by atoms with van der Waals surface area (Å²) in [4.78, 5) is 21.1. The first kappa shape index (κ1) is 20.3. The normalized spacial score (nSPS) is 13.7. The number of benzene rings is 1. The van der Waals surface area contributed by atoms with Crippen molar-refractivity contribution in [3.05, 3.63) is 76.8 Å². The van der Waals surface area contributed by atoms with Crippen LogP contribution in [0, 0.1) is 11.6 Å². The molecule has 0 N–H and O–H groups in total. The summed E-state index contributed by atoms with van der Waals surface area (Å²) in [5.41, 5.74) is 4.82. The van der Waals surface area contributed by atoms with E-state index in [0.29, 0.717) is 22.9 Å². The van der Waals surface area contributed by atoms with Gasteiger partial charge in [-0.1, -0.05) is 6.07 Å². The van der Waals surface area contributed by atoms with E-state index in [2.05, 4.69) is 17.1 Å². The number of carbonyl (C=O) groups is 1. The van der Waals surface area contributed by atoms with E-state index in [1.807, 2.05) is 0 Å². The minimum atomic E-state index is -0.918. The Morgan fingerprint density at radius 1 is 1.03 bits per heavy atom. The van der Waals surface area contributed by atoms with Crippen LogP contribution < -0.4 is 0 Å². The van der Waals surface area contributed by atoms with Crippen molar-refractivity contribution in [1.82, 2.24) is 9.97 Å². The Balaban J connectivity index is 1.27. The lowest BCUT2D eigenvalue weighted by atomic mass is 9.95. The van der Waals surface area contributed by atoms with Gasteiger partial charge in [-0.2, -0.15) is 0 Å². The molecule has 1 aliphatic rings. The minimum absolute atomic E-state index is 0.0405. The summed E-state index contributed by atoms with van der Waals surface area (Å²) in [6.07, 6.45) is 12.5. The van der Waals surface area contributed by atoms with Gasteiger partial charge in [-0.25, -0.2) is 8.78 Å². The van der Waals surface area contributed by atoms with E-state index in [4.69, 9.17) is 4.98 Å². The number of ketones is 1. The van der Waals surface area contributed by atoms with Crippen LogP contribution in [-0.4, -0.2) is 15.8 Å². The van der Waals surface area contributed by atoms with Crippen LogP contribution in [0.3, 0.4) is 0 Å². The Morgan fingerprint density at radius 2 is 1.87 bits per heavy atom. The zero-order valence-corrected chi connectivity index (χ0v) is 16.8. The molecule has 1 aromatic carbocycles. The third kappa shape index (κ3) is 4.96. The molecular formula is C25H24F2N2O. The van der Waals surface area contributed by atoms with Crippen molar-refractivity contribution < 1.29 is 13.6 Å². The second-order valence-electron chi connectivity index (χ2n) is 7.85. The number of rotatable bonds is 7. The Morgan fingerprint density at radius 3 is 2.77 bits per heavy atom. The predicted molar refractivity (Wildman–Crippen MR) is 114 cm³/mol. The molecule has 0 unspecified atom stereocenters. The summed E-state index contributed by atoms with van der Waals surface area (Å²) >= 11 is 0. The molecule has 0 fully saturated rings. The molecule has 0 spiro atoms. The van der Waals surface area contributed by atoms with Crippen LogP contribution >= 0.6 is 0 Å². The summed E-state index contributed by atoms with van der Waals surface area (Å²) < 4.78 is 26.6. The summed E-state index contributed by atoms with van der Waals surface area (Å²) in [7, 11) is 0. The largest absolute Gasteiger partial charge is 0.295 e. The highest BCUT2D eigenvalue weighted by Crippen LogP contribution is 2.21. The standard InChI is InChI=1S/C25H24F2N2O/c26-22-14-19-13-17(16-28-25(19)15-23(22)27)9-12-21(30)7-3-2-6-20-11-10-18-5-1-4-8-24(18)29-20/h9-16H,1-8H2/b12-9+. The number of hydrogen-bond donors (Lipinski definition) is 0. The molecule has 2 heterocycles. The van der Waals surface area contributed by atoms with E-state index in [1.54, 1.807) is 18.3 Å². The lowest BCUT2D eigenvalue weighted by Gasteiger charge is -2.15. The average molecular weight is 406 g/mol. The molecule has 0 aliphatic heterocycles. The van der Waals surface area contributed by atoms with E-state index in [1.165, 1.54) is 30.2 Å². The van der Waals surface area contributed by atoms with Crippen molar-refractivity contribution in [3.63, 3.8) is 0 Å². The maximum atomic E-state index is 13.4. The third-order valence-corrected chi connectivity index (χ3v) is 5.55. The van der Waals surface area contributed by atoms with Gasteiger partial charge in [0, 0.05) is 35.5 Å². The Bertz CT molecular complexity index is 1110. The molecule has 0 radical (unpaired) electrons. The maximum Gasteiger partial charge on any atom is 0.161 e. The lowest BCUT2D eigenvalue weighted by molar-refractivity contribution is -0.114. The molecule has 0 atom stereocenters. The first-order chi connectivity index (χ1) is 14.6. The highest BCUT2D eigenvalue weighted by molar-refractivity contribution is 5.94. The number of halogens is 2. The monoisotopic (exact) mass is 406 g/mol. The van der Waals surface area contributed by atoms with Gasteiger partial charge in [-0.3, -0.25) is 14.8 Å². The van der Waals surface area contributed by atoms with Crippen molar-refractivity contribution in [3.8, 4) is 0 Å². The summed E-state index contributed by atoms with van der Waals surface area (Å²) in [5, 5.41) is 0.501. The van der Waals surface area contributed by atoms with E-state index in [-0.39, 0.29) is 5.78 Å². The average Bonchev–Trinajstić information content (AvgIpc) is 2.76. The van der Waals surface area contributed by atoms with E-state index in [0.717, 1.165) is 49.9 Å². The number of unbranched alkanes of at least 4 members (excludes halogenated alkanes) is 1. The maximum absolute atomic E-state index is 13.4. The molecule has 0 saturated carbocycles. The van der Waals surface area contributed by atoms with Gasteiger partial charge in [-0.15, -0.1) is 0 Å². The minimum Gasteiger partial charge on any atom is -0.295 e. The molecule has 4 rings (SSSR count). The Hall–Kier alpha value is -2.95. The van der Waals surface area contributed by atoms with Gasteiger partial charge >= 0.3 is 0 Å². The van der Waals surface area contributed by atoms with Crippen LogP contribution in [0.4, 0.5) is 8.78 Å². The van der Waals surface area contributed by atoms with Gasteiger partial charge in [0.15, 0.2) is 17.4 Å². The molecule has 0 amide bonds. The molecular weight excluding hydrogens is 382 g/mol. The van der Waals surface area contributed by atoms with Gasteiger partial charge in [0.1, 0.15) is 0 Å². The Labute approximate surface area is 174 Å². The number of hydrogen-bond acceptors (Lipinski definition) is 3. The highest BCUT2D eigenvalue weighted by atomic mass is 19.2. The fraction of sp³-hybridized carbons (Fsp3) is 0.320. The molecule has 2 aromatic heterocycles. The van der Waals surface area contributed by atoms with Crippen molar-refractivity contribution in [1.29, 1.82) is 0 Å². The molecule has 30 heavy (non-hydrogen) atoms. The van der Waals surface area contributed by atoms with Crippen LogP contribution in [0.15, 0.2) is 42.6 Å². The number of allylic oxidation sites excluding steroid dienone is 1. The third-order valence-electron chi connectivity index (χ3n) is 5.55. The van der Waals surface area contributed by atoms with Crippen molar-refractivity contribution in [2.45, 2.75) is 51.4 Å². The van der Waals surface area contributed by atoms with Crippen LogP contribution in [0.1, 0.15) is 54.6 Å². The smallest absolute Gasteiger partial charge is 0.161 e. The van der Waals surface area contributed by atoms with Gasteiger partial charge in [-0.05, 0) is 86.4 Å².